The molecule has 4 nitrogen and oxygen atoms in total. The number of halogens is 1. The van der Waals surface area contributed by atoms with Crippen LogP contribution < -0.4 is 0 Å². The lowest BCUT2D eigenvalue weighted by Crippen LogP contribution is -2.01. The first-order valence-corrected chi connectivity index (χ1v) is 8.83. The summed E-state index contributed by atoms with van der Waals surface area (Å²) in [5.74, 6) is 0.569. The molecule has 0 amide bonds. The third kappa shape index (κ3) is 3.16. The molecular formula is C22H20FN3O. The molecule has 0 spiro atoms. The predicted molar refractivity (Wildman–Crippen MR) is 104 cm³/mol. The Bertz CT molecular complexity index is 1120. The SMILES string of the molecule is C=CCc1ccc(Cn2cnc3ccc(-c4c(C)noc4C)cc32)c(F)c1. The number of aryl methyl sites for hydroxylation is 2. The highest BCUT2D eigenvalue weighted by atomic mass is 19.1. The highest BCUT2D eigenvalue weighted by molar-refractivity contribution is 5.83. The van der Waals surface area contributed by atoms with E-state index in [-0.39, 0.29) is 5.82 Å². The molecule has 0 saturated heterocycles. The molecule has 0 bridgehead atoms. The Morgan fingerprint density at radius 2 is 2.04 bits per heavy atom. The van der Waals surface area contributed by atoms with Crippen LogP contribution in [0.2, 0.25) is 0 Å². The molecule has 0 aliphatic carbocycles. The van der Waals surface area contributed by atoms with E-state index in [1.165, 1.54) is 0 Å². The summed E-state index contributed by atoms with van der Waals surface area (Å²) in [6, 6.07) is 11.4. The maximum absolute atomic E-state index is 14.5. The van der Waals surface area contributed by atoms with Gasteiger partial charge in [0.05, 0.1) is 29.6 Å². The molecular weight excluding hydrogens is 341 g/mol. The van der Waals surface area contributed by atoms with E-state index >= 15 is 0 Å². The van der Waals surface area contributed by atoms with Crippen molar-refractivity contribution in [2.75, 3.05) is 0 Å². The average molecular weight is 361 g/mol. The molecule has 0 radical (unpaired) electrons. The second kappa shape index (κ2) is 6.83. The number of allylic oxidation sites excluding steroid dienone is 1. The molecule has 0 aliphatic rings. The van der Waals surface area contributed by atoms with Crippen LogP contribution in [0.3, 0.4) is 0 Å². The Morgan fingerprint density at radius 1 is 1.19 bits per heavy atom. The molecule has 0 saturated carbocycles. The molecule has 0 N–H and O–H groups in total. The fourth-order valence-electron chi connectivity index (χ4n) is 3.43. The zero-order chi connectivity index (χ0) is 19.0. The summed E-state index contributed by atoms with van der Waals surface area (Å²) < 4.78 is 21.7. The summed E-state index contributed by atoms with van der Waals surface area (Å²) in [7, 11) is 0. The van der Waals surface area contributed by atoms with Crippen molar-refractivity contribution in [3.05, 3.63) is 83.8 Å². The number of fused-ring (bicyclic) bond motifs is 1. The predicted octanol–water partition coefficient (Wildman–Crippen LogP) is 5.22. The molecule has 4 rings (SSSR count). The van der Waals surface area contributed by atoms with Crippen LogP contribution in [0.25, 0.3) is 22.2 Å². The number of hydrogen-bond acceptors (Lipinski definition) is 3. The van der Waals surface area contributed by atoms with Gasteiger partial charge >= 0.3 is 0 Å². The van der Waals surface area contributed by atoms with Crippen molar-refractivity contribution in [1.29, 1.82) is 0 Å². The highest BCUT2D eigenvalue weighted by Gasteiger charge is 2.14. The average Bonchev–Trinajstić information content (AvgIpc) is 3.20. The maximum Gasteiger partial charge on any atom is 0.141 e. The van der Waals surface area contributed by atoms with Gasteiger partial charge in [-0.25, -0.2) is 9.37 Å². The Balaban J connectivity index is 1.73. The van der Waals surface area contributed by atoms with Crippen LogP contribution in [0.1, 0.15) is 22.6 Å². The van der Waals surface area contributed by atoms with E-state index in [4.69, 9.17) is 4.52 Å². The van der Waals surface area contributed by atoms with Gasteiger partial charge in [0.2, 0.25) is 0 Å². The van der Waals surface area contributed by atoms with E-state index < -0.39 is 0 Å². The molecule has 2 heterocycles. The molecule has 0 fully saturated rings. The van der Waals surface area contributed by atoms with Crippen molar-refractivity contribution in [3.8, 4) is 11.1 Å². The van der Waals surface area contributed by atoms with E-state index in [2.05, 4.69) is 22.8 Å². The number of aromatic nitrogens is 3. The minimum absolute atomic E-state index is 0.210. The summed E-state index contributed by atoms with van der Waals surface area (Å²) in [5, 5.41) is 4.03. The van der Waals surface area contributed by atoms with Crippen molar-refractivity contribution in [2.45, 2.75) is 26.8 Å². The Labute approximate surface area is 156 Å². The number of hydrogen-bond donors (Lipinski definition) is 0. The van der Waals surface area contributed by atoms with Crippen LogP contribution in [-0.2, 0) is 13.0 Å². The molecule has 4 aromatic rings. The third-order valence-electron chi connectivity index (χ3n) is 4.78. The second-order valence-corrected chi connectivity index (χ2v) is 6.69. The zero-order valence-corrected chi connectivity index (χ0v) is 15.4. The van der Waals surface area contributed by atoms with Crippen molar-refractivity contribution < 1.29 is 8.91 Å². The first-order valence-electron chi connectivity index (χ1n) is 8.83. The van der Waals surface area contributed by atoms with E-state index in [0.717, 1.165) is 39.2 Å². The molecule has 136 valence electrons. The van der Waals surface area contributed by atoms with Crippen molar-refractivity contribution in [2.24, 2.45) is 0 Å². The number of benzene rings is 2. The van der Waals surface area contributed by atoms with Gasteiger partial charge in [-0.2, -0.15) is 0 Å². The van der Waals surface area contributed by atoms with Gasteiger partial charge < -0.3 is 9.09 Å². The highest BCUT2D eigenvalue weighted by Crippen LogP contribution is 2.29. The van der Waals surface area contributed by atoms with E-state index in [9.17, 15) is 4.39 Å². The molecule has 0 unspecified atom stereocenters. The van der Waals surface area contributed by atoms with Gasteiger partial charge in [0.1, 0.15) is 11.6 Å². The van der Waals surface area contributed by atoms with Gasteiger partial charge in [0.15, 0.2) is 0 Å². The summed E-state index contributed by atoms with van der Waals surface area (Å²) in [5.41, 5.74) is 6.22. The monoisotopic (exact) mass is 361 g/mol. The summed E-state index contributed by atoms with van der Waals surface area (Å²) >= 11 is 0. The van der Waals surface area contributed by atoms with Crippen LogP contribution >= 0.6 is 0 Å². The maximum atomic E-state index is 14.5. The first-order chi connectivity index (χ1) is 13.1. The third-order valence-corrected chi connectivity index (χ3v) is 4.78. The standard InChI is InChI=1S/C22H20FN3O/c1-4-5-16-6-7-18(19(23)10-16)12-26-13-24-20-9-8-17(11-21(20)26)22-14(2)25-27-15(22)3/h4,6-11,13H,1,5,12H2,2-3H3. The summed E-state index contributed by atoms with van der Waals surface area (Å²) in [4.78, 5) is 4.45. The fraction of sp³-hybridized carbons (Fsp3) is 0.182. The van der Waals surface area contributed by atoms with Crippen LogP contribution in [-0.4, -0.2) is 14.7 Å². The lowest BCUT2D eigenvalue weighted by Gasteiger charge is -2.08. The van der Waals surface area contributed by atoms with Crippen LogP contribution in [0.4, 0.5) is 4.39 Å². The van der Waals surface area contributed by atoms with Crippen molar-refractivity contribution >= 4 is 11.0 Å². The smallest absolute Gasteiger partial charge is 0.141 e. The van der Waals surface area contributed by atoms with Gasteiger partial charge in [-0.1, -0.05) is 29.4 Å². The molecule has 27 heavy (non-hydrogen) atoms. The number of nitrogens with zero attached hydrogens (tertiary/aromatic N) is 3. The second-order valence-electron chi connectivity index (χ2n) is 6.69. The van der Waals surface area contributed by atoms with Crippen molar-refractivity contribution in [1.82, 2.24) is 14.7 Å². The molecule has 2 aromatic carbocycles. The van der Waals surface area contributed by atoms with E-state index in [0.29, 0.717) is 18.5 Å². The minimum atomic E-state index is -0.210. The summed E-state index contributed by atoms with van der Waals surface area (Å²) in [6.07, 6.45) is 4.18. The number of imidazole rings is 1. The van der Waals surface area contributed by atoms with Gasteiger partial charge in [0.25, 0.3) is 0 Å². The molecule has 0 aliphatic heterocycles. The van der Waals surface area contributed by atoms with Gasteiger partial charge in [0, 0.05) is 11.1 Å². The Kier molecular flexibility index (Phi) is 4.36. The largest absolute Gasteiger partial charge is 0.361 e. The zero-order valence-electron chi connectivity index (χ0n) is 15.4. The normalized spacial score (nSPS) is 11.2. The van der Waals surface area contributed by atoms with Gasteiger partial charge in [-0.15, -0.1) is 6.58 Å². The lowest BCUT2D eigenvalue weighted by molar-refractivity contribution is 0.393. The quantitative estimate of drug-likeness (QED) is 0.458. The topological polar surface area (TPSA) is 43.9 Å². The summed E-state index contributed by atoms with van der Waals surface area (Å²) in [6.45, 7) is 7.94. The van der Waals surface area contributed by atoms with Crippen LogP contribution in [0, 0.1) is 19.7 Å². The van der Waals surface area contributed by atoms with Crippen LogP contribution in [0.5, 0.6) is 0 Å². The van der Waals surface area contributed by atoms with Crippen LogP contribution in [0.15, 0.2) is 59.9 Å². The van der Waals surface area contributed by atoms with E-state index in [1.54, 1.807) is 18.5 Å². The van der Waals surface area contributed by atoms with Crippen molar-refractivity contribution in [3.63, 3.8) is 0 Å². The number of rotatable bonds is 5. The lowest BCUT2D eigenvalue weighted by atomic mass is 10.0. The van der Waals surface area contributed by atoms with Gasteiger partial charge in [-0.3, -0.25) is 0 Å². The fourth-order valence-corrected chi connectivity index (χ4v) is 3.43. The molecule has 5 heteroatoms. The molecule has 0 atom stereocenters. The molecule has 2 aromatic heterocycles. The van der Waals surface area contributed by atoms with E-state index in [1.807, 2.05) is 42.7 Å². The first kappa shape index (κ1) is 17.2. The Morgan fingerprint density at radius 3 is 2.74 bits per heavy atom. The Hall–Kier alpha value is -3.21. The van der Waals surface area contributed by atoms with Gasteiger partial charge in [-0.05, 0) is 49.6 Å². The minimum Gasteiger partial charge on any atom is -0.361 e.